The third-order valence-electron chi connectivity index (χ3n) is 4.31. The molecular weight excluding hydrogens is 364 g/mol. The number of aromatic nitrogens is 2. The van der Waals surface area contributed by atoms with Crippen LogP contribution in [0.4, 0.5) is 0 Å². The fourth-order valence-electron chi connectivity index (χ4n) is 2.90. The Hall–Kier alpha value is -3.13. The molecule has 3 aromatic rings. The van der Waals surface area contributed by atoms with Gasteiger partial charge in [0.1, 0.15) is 16.6 Å². The molecule has 0 radical (unpaired) electrons. The number of carbonyl (C=O) groups excluding carboxylic acids is 2. The summed E-state index contributed by atoms with van der Waals surface area (Å²) in [7, 11) is 0. The van der Waals surface area contributed by atoms with E-state index in [1.165, 1.54) is 22.8 Å². The van der Waals surface area contributed by atoms with E-state index in [4.69, 9.17) is 0 Å². The van der Waals surface area contributed by atoms with E-state index in [2.05, 4.69) is 15.4 Å². The summed E-state index contributed by atoms with van der Waals surface area (Å²) in [6.07, 6.45) is 1.56. The van der Waals surface area contributed by atoms with Crippen LogP contribution in [0.25, 0.3) is 11.0 Å². The normalized spacial score (nSPS) is 16.7. The number of thioether (sulfide) groups is 1. The molecule has 1 aliphatic rings. The van der Waals surface area contributed by atoms with E-state index in [1.807, 2.05) is 31.2 Å². The zero-order valence-electron chi connectivity index (χ0n) is 14.4. The van der Waals surface area contributed by atoms with Gasteiger partial charge in [-0.2, -0.15) is 0 Å². The number of carbonyl (C=O) groups is 2. The van der Waals surface area contributed by atoms with Crippen molar-refractivity contribution in [2.24, 2.45) is 0 Å². The first-order valence-electron chi connectivity index (χ1n) is 8.32. The van der Waals surface area contributed by atoms with Crippen LogP contribution in [0, 0.1) is 6.92 Å². The number of hydrogen-bond acceptors (Lipinski definition) is 5. The van der Waals surface area contributed by atoms with E-state index in [0.29, 0.717) is 11.0 Å². The number of rotatable bonds is 3. The first kappa shape index (κ1) is 17.3. The van der Waals surface area contributed by atoms with Crippen molar-refractivity contribution in [3.8, 4) is 0 Å². The first-order valence-corrected chi connectivity index (χ1v) is 9.37. The number of aromatic amines is 1. The van der Waals surface area contributed by atoms with Crippen LogP contribution in [0.5, 0.6) is 0 Å². The summed E-state index contributed by atoms with van der Waals surface area (Å²) in [5, 5.41) is 1.60. The number of nitrogens with zero attached hydrogens (tertiary/aromatic N) is 2. The molecule has 7 nitrogen and oxygen atoms in total. The average Bonchev–Trinajstić information content (AvgIpc) is 3.02. The lowest BCUT2D eigenvalue weighted by atomic mass is 10.1. The van der Waals surface area contributed by atoms with Gasteiger partial charge < -0.3 is 4.98 Å². The average molecular weight is 380 g/mol. The molecule has 0 spiro atoms. The van der Waals surface area contributed by atoms with Gasteiger partial charge in [0, 0.05) is 11.6 Å². The van der Waals surface area contributed by atoms with Crippen LogP contribution in [0.3, 0.4) is 0 Å². The lowest BCUT2D eigenvalue weighted by Gasteiger charge is -2.24. The second kappa shape index (κ2) is 6.88. The summed E-state index contributed by atoms with van der Waals surface area (Å²) in [6, 6.07) is 12.7. The highest BCUT2D eigenvalue weighted by molar-refractivity contribution is 8.00. The third kappa shape index (κ3) is 3.31. The fraction of sp³-hybridized carbons (Fsp3) is 0.158. The molecule has 0 saturated carbocycles. The maximum Gasteiger partial charge on any atom is 0.275 e. The monoisotopic (exact) mass is 380 g/mol. The van der Waals surface area contributed by atoms with E-state index < -0.39 is 11.5 Å². The molecule has 1 aliphatic heterocycles. The Balaban J connectivity index is 1.63. The van der Waals surface area contributed by atoms with E-state index in [1.54, 1.807) is 18.3 Å². The number of hydrazine groups is 1. The third-order valence-corrected chi connectivity index (χ3v) is 5.52. The molecule has 3 heterocycles. The maximum absolute atomic E-state index is 12.7. The molecule has 136 valence electrons. The van der Waals surface area contributed by atoms with Crippen molar-refractivity contribution in [1.82, 2.24) is 20.4 Å². The van der Waals surface area contributed by atoms with E-state index in [0.717, 1.165) is 11.1 Å². The van der Waals surface area contributed by atoms with Gasteiger partial charge in [0.15, 0.2) is 0 Å². The Morgan fingerprint density at radius 1 is 1.26 bits per heavy atom. The van der Waals surface area contributed by atoms with E-state index in [-0.39, 0.29) is 22.6 Å². The molecule has 1 aromatic carbocycles. The molecule has 1 saturated heterocycles. The van der Waals surface area contributed by atoms with Gasteiger partial charge in [-0.3, -0.25) is 19.8 Å². The molecule has 4 rings (SSSR count). The minimum atomic E-state index is -0.630. The summed E-state index contributed by atoms with van der Waals surface area (Å²) in [5.74, 6) is -0.579. The highest BCUT2D eigenvalue weighted by atomic mass is 32.2. The molecule has 2 N–H and O–H groups in total. The summed E-state index contributed by atoms with van der Waals surface area (Å²) < 4.78 is 0. The van der Waals surface area contributed by atoms with Crippen molar-refractivity contribution in [2.75, 3.05) is 5.75 Å². The predicted molar refractivity (Wildman–Crippen MR) is 103 cm³/mol. The van der Waals surface area contributed by atoms with Crippen LogP contribution in [-0.4, -0.2) is 32.5 Å². The molecule has 8 heteroatoms. The molecule has 0 bridgehead atoms. The SMILES string of the molecule is Cc1ccc(C2SCC(=O)N2NC(=O)c2cc3cccnc3[nH]c2=O)cc1. The van der Waals surface area contributed by atoms with Gasteiger partial charge in [-0.05, 0) is 30.7 Å². The van der Waals surface area contributed by atoms with E-state index in [9.17, 15) is 14.4 Å². The van der Waals surface area contributed by atoms with Crippen molar-refractivity contribution >= 4 is 34.6 Å². The Bertz CT molecular complexity index is 1090. The van der Waals surface area contributed by atoms with Gasteiger partial charge in [-0.15, -0.1) is 11.8 Å². The van der Waals surface area contributed by atoms with Crippen molar-refractivity contribution in [3.05, 3.63) is 75.7 Å². The topological polar surface area (TPSA) is 95.2 Å². The lowest BCUT2D eigenvalue weighted by molar-refractivity contribution is -0.130. The number of nitrogens with one attached hydrogen (secondary N) is 2. The molecule has 27 heavy (non-hydrogen) atoms. The smallest absolute Gasteiger partial charge is 0.275 e. The predicted octanol–water partition coefficient (Wildman–Crippen LogP) is 2.15. The quantitative estimate of drug-likeness (QED) is 0.726. The van der Waals surface area contributed by atoms with Crippen molar-refractivity contribution < 1.29 is 9.59 Å². The molecule has 2 aromatic heterocycles. The number of pyridine rings is 2. The number of amides is 2. The maximum atomic E-state index is 12.7. The molecule has 0 aliphatic carbocycles. The van der Waals surface area contributed by atoms with Gasteiger partial charge in [-0.25, -0.2) is 9.99 Å². The minimum absolute atomic E-state index is 0.0668. The Labute approximate surface area is 158 Å². The Morgan fingerprint density at radius 2 is 2.04 bits per heavy atom. The van der Waals surface area contributed by atoms with Gasteiger partial charge in [0.2, 0.25) is 0 Å². The Morgan fingerprint density at radius 3 is 2.81 bits per heavy atom. The van der Waals surface area contributed by atoms with Crippen molar-refractivity contribution in [1.29, 1.82) is 0 Å². The number of aryl methyl sites for hydroxylation is 1. The van der Waals surface area contributed by atoms with Crippen LogP contribution < -0.4 is 11.0 Å². The largest absolute Gasteiger partial charge is 0.306 e. The summed E-state index contributed by atoms with van der Waals surface area (Å²) in [4.78, 5) is 43.9. The van der Waals surface area contributed by atoms with Gasteiger partial charge in [-0.1, -0.05) is 29.8 Å². The van der Waals surface area contributed by atoms with Crippen LogP contribution in [0.1, 0.15) is 26.9 Å². The fourth-order valence-corrected chi connectivity index (χ4v) is 4.00. The number of H-pyrrole nitrogens is 1. The van der Waals surface area contributed by atoms with Crippen LogP contribution >= 0.6 is 11.8 Å². The van der Waals surface area contributed by atoms with Crippen LogP contribution in [-0.2, 0) is 4.79 Å². The molecule has 1 fully saturated rings. The number of hydrogen-bond donors (Lipinski definition) is 2. The van der Waals surface area contributed by atoms with Gasteiger partial charge in [0.25, 0.3) is 17.4 Å². The molecule has 1 atom stereocenters. The number of fused-ring (bicyclic) bond motifs is 1. The highest BCUT2D eigenvalue weighted by Gasteiger charge is 2.34. The van der Waals surface area contributed by atoms with Crippen molar-refractivity contribution in [3.63, 3.8) is 0 Å². The first-order chi connectivity index (χ1) is 13.0. The van der Waals surface area contributed by atoms with Crippen LogP contribution in [0.15, 0.2) is 53.5 Å². The summed E-state index contributed by atoms with van der Waals surface area (Å²) in [5.41, 5.74) is 4.41. The summed E-state index contributed by atoms with van der Waals surface area (Å²) >= 11 is 1.43. The minimum Gasteiger partial charge on any atom is -0.306 e. The zero-order chi connectivity index (χ0) is 19.0. The Kier molecular flexibility index (Phi) is 4.41. The van der Waals surface area contributed by atoms with Gasteiger partial charge >= 0.3 is 0 Å². The highest BCUT2D eigenvalue weighted by Crippen LogP contribution is 2.37. The lowest BCUT2D eigenvalue weighted by Crippen LogP contribution is -2.45. The molecular formula is C19H16N4O3S. The molecule has 1 unspecified atom stereocenters. The standard InChI is InChI=1S/C19H16N4O3S/c1-11-4-6-12(7-5-11)19-23(15(24)10-27-19)22-18(26)14-9-13-3-2-8-20-16(13)21-17(14)25/h2-9,19H,10H2,1H3,(H,22,26)(H,20,21,25). The zero-order valence-corrected chi connectivity index (χ0v) is 15.2. The molecule has 2 amide bonds. The second-order valence-electron chi connectivity index (χ2n) is 6.23. The summed E-state index contributed by atoms with van der Waals surface area (Å²) in [6.45, 7) is 1.98. The van der Waals surface area contributed by atoms with Crippen molar-refractivity contribution in [2.45, 2.75) is 12.3 Å². The van der Waals surface area contributed by atoms with Gasteiger partial charge in [0.05, 0.1) is 5.75 Å². The van der Waals surface area contributed by atoms with E-state index >= 15 is 0 Å². The number of benzene rings is 1. The van der Waals surface area contributed by atoms with Crippen LogP contribution in [0.2, 0.25) is 0 Å². The second-order valence-corrected chi connectivity index (χ2v) is 7.30.